The monoisotopic (exact) mass is 348 g/mol. The van der Waals surface area contributed by atoms with Crippen molar-refractivity contribution in [2.45, 2.75) is 31.2 Å². The number of carboxylic acid groups (broad SMARTS) is 1. The summed E-state index contributed by atoms with van der Waals surface area (Å²) in [4.78, 5) is 11.1. The molecule has 1 heterocycles. The normalized spacial score (nSPS) is 11.0. The second-order valence-electron chi connectivity index (χ2n) is 4.96. The molecule has 0 aliphatic carbocycles. The molecule has 2 aromatic rings. The number of hydrogen-bond donors (Lipinski definition) is 2. The fraction of sp³-hybridized carbons (Fsp3) is 0.267. The maximum atomic E-state index is 12.4. The molecule has 9 heteroatoms. The average Bonchev–Trinajstić information content (AvgIpc) is 2.98. The number of aryl methyl sites for hydroxylation is 2. The minimum atomic E-state index is -3.96. The zero-order chi connectivity index (χ0) is 17.7. The molecule has 2 rings (SSSR count). The lowest BCUT2D eigenvalue weighted by Gasteiger charge is -2.09. The Kier molecular flexibility index (Phi) is 5.21. The van der Waals surface area contributed by atoms with Crippen LogP contribution in [0.25, 0.3) is 0 Å². The Morgan fingerprint density at radius 2 is 2.17 bits per heavy atom. The maximum Gasteiger partial charge on any atom is 0.336 e. The average molecular weight is 348 g/mol. The van der Waals surface area contributed by atoms with E-state index in [0.29, 0.717) is 18.5 Å². The van der Waals surface area contributed by atoms with Gasteiger partial charge in [0, 0.05) is 12.3 Å². The highest BCUT2D eigenvalue weighted by Gasteiger charge is 2.19. The fourth-order valence-corrected chi connectivity index (χ4v) is 3.15. The van der Waals surface area contributed by atoms with Gasteiger partial charge in [-0.3, -0.25) is 9.40 Å². The summed E-state index contributed by atoms with van der Waals surface area (Å²) in [6.45, 7) is 2.15. The molecule has 0 saturated carbocycles. The summed E-state index contributed by atoms with van der Waals surface area (Å²) < 4.78 is 28.5. The number of benzene rings is 1. The molecule has 24 heavy (non-hydrogen) atoms. The zero-order valence-corrected chi connectivity index (χ0v) is 13.7. The molecule has 0 saturated heterocycles. The van der Waals surface area contributed by atoms with E-state index >= 15 is 0 Å². The molecule has 0 bridgehead atoms. The Morgan fingerprint density at radius 3 is 2.79 bits per heavy atom. The van der Waals surface area contributed by atoms with Crippen LogP contribution in [0.4, 0.5) is 5.82 Å². The molecular weight excluding hydrogens is 332 g/mol. The molecule has 1 aromatic carbocycles. The number of carbonyl (C=O) groups is 1. The van der Waals surface area contributed by atoms with Gasteiger partial charge in [0.05, 0.1) is 29.5 Å². The largest absolute Gasteiger partial charge is 0.478 e. The van der Waals surface area contributed by atoms with E-state index in [9.17, 15) is 18.3 Å². The molecule has 2 N–H and O–H groups in total. The Labute approximate surface area is 139 Å². The van der Waals surface area contributed by atoms with Crippen molar-refractivity contribution in [3.05, 3.63) is 41.6 Å². The van der Waals surface area contributed by atoms with Crippen molar-refractivity contribution in [2.75, 3.05) is 4.72 Å². The molecule has 8 nitrogen and oxygen atoms in total. The van der Waals surface area contributed by atoms with Crippen LogP contribution < -0.4 is 4.72 Å². The van der Waals surface area contributed by atoms with Gasteiger partial charge in [-0.2, -0.15) is 10.4 Å². The van der Waals surface area contributed by atoms with E-state index in [1.54, 1.807) is 13.1 Å². The molecule has 0 fully saturated rings. The van der Waals surface area contributed by atoms with Crippen molar-refractivity contribution in [2.24, 2.45) is 0 Å². The molecule has 0 aliphatic heterocycles. The van der Waals surface area contributed by atoms with Crippen molar-refractivity contribution in [3.8, 4) is 6.07 Å². The van der Waals surface area contributed by atoms with E-state index in [0.717, 1.165) is 6.07 Å². The Hall–Kier alpha value is -2.86. The first-order chi connectivity index (χ1) is 11.4. The van der Waals surface area contributed by atoms with Gasteiger partial charge in [-0.25, -0.2) is 13.2 Å². The first-order valence-corrected chi connectivity index (χ1v) is 8.65. The van der Waals surface area contributed by atoms with Crippen LogP contribution in [0.5, 0.6) is 0 Å². The highest BCUT2D eigenvalue weighted by molar-refractivity contribution is 7.92. The molecule has 0 atom stereocenters. The molecule has 0 spiro atoms. The number of nitrogens with one attached hydrogen (secondary N) is 1. The second kappa shape index (κ2) is 7.14. The summed E-state index contributed by atoms with van der Waals surface area (Å²) in [5.74, 6) is -1.07. The third-order valence-electron chi connectivity index (χ3n) is 3.34. The molecule has 0 amide bonds. The standard InChI is InChI=1S/C15H16N4O4S/c1-2-11-4-5-12(10-13(11)15(20)21)24(22,23)18-14-6-9-19(17-14)8-3-7-16/h4-6,9-10H,2-3,8H2,1H3,(H,17,18)(H,20,21). The van der Waals surface area contributed by atoms with Gasteiger partial charge in [0.15, 0.2) is 5.82 Å². The SMILES string of the molecule is CCc1ccc(S(=O)(=O)Nc2ccn(CCC#N)n2)cc1C(=O)O. The molecule has 0 aliphatic rings. The number of hydrogen-bond acceptors (Lipinski definition) is 5. The number of nitriles is 1. The minimum absolute atomic E-state index is 0.0417. The zero-order valence-electron chi connectivity index (χ0n) is 12.9. The number of carboxylic acids is 1. The van der Waals surface area contributed by atoms with Gasteiger partial charge < -0.3 is 5.11 Å². The van der Waals surface area contributed by atoms with Gasteiger partial charge in [-0.1, -0.05) is 13.0 Å². The predicted octanol–water partition coefficient (Wildman–Crippen LogP) is 1.86. The lowest BCUT2D eigenvalue weighted by Crippen LogP contribution is -2.15. The molecule has 1 aromatic heterocycles. The van der Waals surface area contributed by atoms with Gasteiger partial charge >= 0.3 is 5.97 Å². The van der Waals surface area contributed by atoms with Gasteiger partial charge in [0.1, 0.15) is 0 Å². The van der Waals surface area contributed by atoms with Crippen LogP contribution in [-0.2, 0) is 23.0 Å². The van der Waals surface area contributed by atoms with Gasteiger partial charge in [0.2, 0.25) is 0 Å². The van der Waals surface area contributed by atoms with Crippen LogP contribution in [0, 0.1) is 11.3 Å². The number of sulfonamides is 1. The third kappa shape index (κ3) is 3.91. The number of aromatic carboxylic acids is 1. The lowest BCUT2D eigenvalue weighted by molar-refractivity contribution is 0.0695. The van der Waals surface area contributed by atoms with Crippen LogP contribution in [-0.4, -0.2) is 29.3 Å². The van der Waals surface area contributed by atoms with Crippen LogP contribution in [0.15, 0.2) is 35.4 Å². The van der Waals surface area contributed by atoms with Crippen molar-refractivity contribution in [1.29, 1.82) is 5.26 Å². The fourth-order valence-electron chi connectivity index (χ4n) is 2.13. The second-order valence-corrected chi connectivity index (χ2v) is 6.64. The summed E-state index contributed by atoms with van der Waals surface area (Å²) in [6, 6.07) is 7.42. The Bertz CT molecular complexity index is 896. The summed E-state index contributed by atoms with van der Waals surface area (Å²) in [5.41, 5.74) is 0.516. The number of rotatable bonds is 7. The van der Waals surface area contributed by atoms with Gasteiger partial charge in [-0.05, 0) is 24.1 Å². The summed E-state index contributed by atoms with van der Waals surface area (Å²) >= 11 is 0. The van der Waals surface area contributed by atoms with Crippen LogP contribution >= 0.6 is 0 Å². The van der Waals surface area contributed by atoms with Gasteiger partial charge in [0.25, 0.3) is 10.0 Å². The number of anilines is 1. The van der Waals surface area contributed by atoms with Crippen molar-refractivity contribution < 1.29 is 18.3 Å². The van der Waals surface area contributed by atoms with E-state index < -0.39 is 16.0 Å². The van der Waals surface area contributed by atoms with E-state index in [1.165, 1.54) is 22.9 Å². The predicted molar refractivity (Wildman–Crippen MR) is 86.0 cm³/mol. The van der Waals surface area contributed by atoms with Gasteiger partial charge in [-0.15, -0.1) is 0 Å². The Morgan fingerprint density at radius 1 is 1.42 bits per heavy atom. The van der Waals surface area contributed by atoms with Crippen LogP contribution in [0.1, 0.15) is 29.3 Å². The Balaban J connectivity index is 2.27. The van der Waals surface area contributed by atoms with Crippen LogP contribution in [0.2, 0.25) is 0 Å². The first-order valence-electron chi connectivity index (χ1n) is 7.17. The van der Waals surface area contributed by atoms with Crippen LogP contribution in [0.3, 0.4) is 0 Å². The highest BCUT2D eigenvalue weighted by atomic mass is 32.2. The maximum absolute atomic E-state index is 12.4. The van der Waals surface area contributed by atoms with Crippen molar-refractivity contribution >= 4 is 21.8 Å². The summed E-state index contributed by atoms with van der Waals surface area (Å²) in [7, 11) is -3.96. The summed E-state index contributed by atoms with van der Waals surface area (Å²) in [5, 5.41) is 21.7. The van der Waals surface area contributed by atoms with E-state index in [4.69, 9.17) is 5.26 Å². The molecular formula is C15H16N4O4S. The van der Waals surface area contributed by atoms with E-state index in [1.807, 2.05) is 6.07 Å². The van der Waals surface area contributed by atoms with E-state index in [2.05, 4.69) is 9.82 Å². The highest BCUT2D eigenvalue weighted by Crippen LogP contribution is 2.19. The number of aromatic nitrogens is 2. The third-order valence-corrected chi connectivity index (χ3v) is 4.69. The minimum Gasteiger partial charge on any atom is -0.478 e. The molecule has 0 unspecified atom stereocenters. The lowest BCUT2D eigenvalue weighted by atomic mass is 10.1. The summed E-state index contributed by atoms with van der Waals surface area (Å²) in [6.07, 6.45) is 2.30. The first kappa shape index (κ1) is 17.5. The van der Waals surface area contributed by atoms with Crippen molar-refractivity contribution in [3.63, 3.8) is 0 Å². The van der Waals surface area contributed by atoms with E-state index in [-0.39, 0.29) is 22.7 Å². The molecule has 126 valence electrons. The number of nitrogens with zero attached hydrogens (tertiary/aromatic N) is 3. The topological polar surface area (TPSA) is 125 Å². The molecule has 0 radical (unpaired) electrons. The smallest absolute Gasteiger partial charge is 0.336 e. The van der Waals surface area contributed by atoms with Crippen molar-refractivity contribution in [1.82, 2.24) is 9.78 Å². The quantitative estimate of drug-likeness (QED) is 0.786.